The number of aliphatic hydroxyl groups excluding tert-OH is 1. The van der Waals surface area contributed by atoms with Crippen molar-refractivity contribution >= 4 is 35.0 Å². The van der Waals surface area contributed by atoms with Gasteiger partial charge in [0, 0.05) is 54.6 Å². The van der Waals surface area contributed by atoms with Crippen LogP contribution in [0.1, 0.15) is 38.3 Å². The summed E-state index contributed by atoms with van der Waals surface area (Å²) < 4.78 is 5.84. The molecule has 4 fully saturated rings. The number of rotatable bonds is 6. The summed E-state index contributed by atoms with van der Waals surface area (Å²) in [6.07, 6.45) is 7.24. The highest BCUT2D eigenvalue weighted by Gasteiger charge is 2.52. The Hall–Kier alpha value is -1.69. The predicted octanol–water partition coefficient (Wildman–Crippen LogP) is 2.46. The van der Waals surface area contributed by atoms with E-state index in [9.17, 15) is 10.2 Å². The van der Waals surface area contributed by atoms with Gasteiger partial charge in [-0.2, -0.15) is 0 Å². The van der Waals surface area contributed by atoms with Gasteiger partial charge in [-0.15, -0.1) is 0 Å². The van der Waals surface area contributed by atoms with E-state index in [2.05, 4.69) is 14.8 Å². The Morgan fingerprint density at radius 3 is 2.56 bits per heavy atom. The van der Waals surface area contributed by atoms with Crippen molar-refractivity contribution in [1.82, 2.24) is 15.0 Å². The summed E-state index contributed by atoms with van der Waals surface area (Å²) in [5.41, 5.74) is 6.57. The van der Waals surface area contributed by atoms with Crippen LogP contribution in [0.5, 0.6) is 0 Å². The third kappa shape index (κ3) is 4.25. The van der Waals surface area contributed by atoms with Crippen LogP contribution < -0.4 is 15.5 Å². The van der Waals surface area contributed by atoms with E-state index in [1.54, 1.807) is 12.4 Å². The SMILES string of the molecule is C[C@@H]1OCC2(CCN(c3ncc(Sc4ccnc(N5CC(C6(O)CC6)C5)c4Cl)nc3CO)CC2)[C@@H]1N. The summed E-state index contributed by atoms with van der Waals surface area (Å²) in [4.78, 5) is 19.1. The summed E-state index contributed by atoms with van der Waals surface area (Å²) >= 11 is 8.15. The first-order valence-electron chi connectivity index (χ1n) is 12.7. The molecule has 2 atom stereocenters. The van der Waals surface area contributed by atoms with Crippen molar-refractivity contribution < 1.29 is 14.9 Å². The number of pyridine rings is 1. The zero-order valence-corrected chi connectivity index (χ0v) is 22.0. The van der Waals surface area contributed by atoms with Gasteiger partial charge in [0.05, 0.1) is 36.1 Å². The van der Waals surface area contributed by atoms with Crippen LogP contribution in [-0.2, 0) is 11.3 Å². The Labute approximate surface area is 220 Å². The van der Waals surface area contributed by atoms with Crippen LogP contribution in [0.2, 0.25) is 5.02 Å². The second kappa shape index (κ2) is 9.25. The maximum absolute atomic E-state index is 10.3. The Kier molecular flexibility index (Phi) is 6.33. The second-order valence-corrected chi connectivity index (χ2v) is 12.2. The average Bonchev–Trinajstić information content (AvgIpc) is 3.54. The lowest BCUT2D eigenvalue weighted by molar-refractivity contribution is 0.0657. The molecule has 1 spiro atoms. The first kappa shape index (κ1) is 24.6. The first-order valence-corrected chi connectivity index (χ1v) is 13.9. The molecule has 0 bridgehead atoms. The number of nitrogens with two attached hydrogens (primary N) is 1. The van der Waals surface area contributed by atoms with Gasteiger partial charge in [0.1, 0.15) is 16.5 Å². The number of piperidine rings is 1. The number of hydrogen-bond acceptors (Lipinski definition) is 10. The van der Waals surface area contributed by atoms with Crippen molar-refractivity contribution in [2.45, 2.75) is 66.9 Å². The van der Waals surface area contributed by atoms with E-state index in [1.165, 1.54) is 11.8 Å². The summed E-state index contributed by atoms with van der Waals surface area (Å²) in [5.74, 6) is 1.75. The number of hydrogen-bond donors (Lipinski definition) is 3. The highest BCUT2D eigenvalue weighted by atomic mass is 35.5. The molecule has 194 valence electrons. The molecule has 0 unspecified atom stereocenters. The number of halogens is 1. The molecule has 11 heteroatoms. The van der Waals surface area contributed by atoms with Gasteiger partial charge in [0.15, 0.2) is 5.82 Å². The quantitative estimate of drug-likeness (QED) is 0.511. The van der Waals surface area contributed by atoms with E-state index in [4.69, 9.17) is 32.0 Å². The zero-order valence-electron chi connectivity index (χ0n) is 20.4. The first-order chi connectivity index (χ1) is 17.3. The van der Waals surface area contributed by atoms with E-state index >= 15 is 0 Å². The van der Waals surface area contributed by atoms with E-state index < -0.39 is 5.60 Å². The molecule has 0 amide bonds. The molecule has 4 N–H and O–H groups in total. The lowest BCUT2D eigenvalue weighted by Gasteiger charge is -2.43. The molecule has 3 saturated heterocycles. The molecule has 0 aromatic carbocycles. The Balaban J connectivity index is 1.14. The van der Waals surface area contributed by atoms with Crippen molar-refractivity contribution in [1.29, 1.82) is 0 Å². The Bertz CT molecular complexity index is 1140. The van der Waals surface area contributed by atoms with Crippen molar-refractivity contribution in [3.63, 3.8) is 0 Å². The molecule has 36 heavy (non-hydrogen) atoms. The molecule has 6 rings (SSSR count). The van der Waals surface area contributed by atoms with Crippen LogP contribution in [0, 0.1) is 11.3 Å². The molecule has 1 aliphatic carbocycles. The predicted molar refractivity (Wildman–Crippen MR) is 138 cm³/mol. The number of aromatic nitrogens is 3. The lowest BCUT2D eigenvalue weighted by Crippen LogP contribution is -2.53. The minimum Gasteiger partial charge on any atom is -0.390 e. The average molecular weight is 533 g/mol. The van der Waals surface area contributed by atoms with E-state index in [0.717, 1.165) is 68.4 Å². The van der Waals surface area contributed by atoms with Crippen LogP contribution in [-0.4, -0.2) is 75.7 Å². The molecule has 5 heterocycles. The standard InChI is InChI=1S/C25H33ClN6O3S/c1-15-21(27)24(14-35-15)5-8-31(9-6-24)22-17(13-33)30-19(10-29-22)36-18-2-7-28-23(20(18)26)32-11-16(12-32)25(34)3-4-25/h2,7,10,15-16,21,33-34H,3-6,8-9,11-14,27H2,1H3/t15-,21+/m0/s1. The Morgan fingerprint density at radius 2 is 1.92 bits per heavy atom. The van der Waals surface area contributed by atoms with Crippen molar-refractivity contribution in [2.24, 2.45) is 17.1 Å². The fourth-order valence-electron chi connectivity index (χ4n) is 5.81. The molecule has 2 aromatic heterocycles. The van der Waals surface area contributed by atoms with Gasteiger partial charge in [0.25, 0.3) is 0 Å². The molecule has 1 saturated carbocycles. The molecular formula is C25H33ClN6O3S. The zero-order chi connectivity index (χ0) is 25.1. The number of nitrogens with zero attached hydrogens (tertiary/aromatic N) is 5. The molecule has 4 aliphatic rings. The summed E-state index contributed by atoms with van der Waals surface area (Å²) in [5, 5.41) is 21.7. The fourth-order valence-corrected chi connectivity index (χ4v) is 6.96. The van der Waals surface area contributed by atoms with Crippen LogP contribution in [0.4, 0.5) is 11.6 Å². The molecule has 2 aromatic rings. The van der Waals surface area contributed by atoms with Crippen LogP contribution in [0.25, 0.3) is 0 Å². The smallest absolute Gasteiger partial charge is 0.152 e. The van der Waals surface area contributed by atoms with E-state index in [-0.39, 0.29) is 24.2 Å². The van der Waals surface area contributed by atoms with Gasteiger partial charge in [-0.3, -0.25) is 0 Å². The van der Waals surface area contributed by atoms with Crippen molar-refractivity contribution in [3.05, 3.63) is 29.2 Å². The summed E-state index contributed by atoms with van der Waals surface area (Å²) in [6.45, 7) is 5.73. The maximum Gasteiger partial charge on any atom is 0.152 e. The van der Waals surface area contributed by atoms with Crippen LogP contribution >= 0.6 is 23.4 Å². The van der Waals surface area contributed by atoms with Crippen LogP contribution in [0.15, 0.2) is 28.4 Å². The minimum atomic E-state index is -0.475. The largest absolute Gasteiger partial charge is 0.390 e. The highest BCUT2D eigenvalue weighted by Crippen LogP contribution is 2.48. The van der Waals surface area contributed by atoms with Crippen LogP contribution in [0.3, 0.4) is 0 Å². The van der Waals surface area contributed by atoms with Crippen molar-refractivity contribution in [3.8, 4) is 0 Å². The third-order valence-electron chi connectivity index (χ3n) is 8.61. The van der Waals surface area contributed by atoms with Gasteiger partial charge in [0.2, 0.25) is 0 Å². The number of anilines is 2. The topological polar surface area (TPSA) is 121 Å². The summed E-state index contributed by atoms with van der Waals surface area (Å²) in [6, 6.07) is 1.92. The lowest BCUT2D eigenvalue weighted by atomic mass is 9.73. The molecule has 0 radical (unpaired) electrons. The monoisotopic (exact) mass is 532 g/mol. The minimum absolute atomic E-state index is 0.0290. The second-order valence-electron chi connectivity index (χ2n) is 10.8. The van der Waals surface area contributed by atoms with Gasteiger partial charge in [-0.1, -0.05) is 23.4 Å². The van der Waals surface area contributed by atoms with Gasteiger partial charge >= 0.3 is 0 Å². The van der Waals surface area contributed by atoms with Crippen molar-refractivity contribution in [2.75, 3.05) is 42.6 Å². The van der Waals surface area contributed by atoms with Gasteiger partial charge < -0.3 is 30.5 Å². The third-order valence-corrected chi connectivity index (χ3v) is 10.1. The normalized spacial score (nSPS) is 26.9. The van der Waals surface area contributed by atoms with E-state index in [1.807, 2.05) is 13.0 Å². The molecule has 3 aliphatic heterocycles. The van der Waals surface area contributed by atoms with E-state index in [0.29, 0.717) is 28.3 Å². The van der Waals surface area contributed by atoms with Gasteiger partial charge in [-0.25, -0.2) is 15.0 Å². The molecular weight excluding hydrogens is 500 g/mol. The maximum atomic E-state index is 10.3. The number of ether oxygens (including phenoxy) is 1. The number of aliphatic hydroxyl groups is 2. The highest BCUT2D eigenvalue weighted by molar-refractivity contribution is 7.99. The summed E-state index contributed by atoms with van der Waals surface area (Å²) in [7, 11) is 0. The fraction of sp³-hybridized carbons (Fsp3) is 0.640. The molecule has 9 nitrogen and oxygen atoms in total. The Morgan fingerprint density at radius 1 is 1.17 bits per heavy atom. The van der Waals surface area contributed by atoms with Gasteiger partial charge in [-0.05, 0) is 38.7 Å².